The van der Waals surface area contributed by atoms with Gasteiger partial charge in [-0.3, -0.25) is 19.1 Å². The molecule has 11 nitrogen and oxygen atoms in total. The lowest BCUT2D eigenvalue weighted by Gasteiger charge is -2.38. The van der Waals surface area contributed by atoms with E-state index in [1.165, 1.54) is 15.2 Å². The second-order valence-electron chi connectivity index (χ2n) is 12.4. The molecule has 0 amide bonds. The maximum absolute atomic E-state index is 14.6. The average Bonchev–Trinajstić information content (AvgIpc) is 3.35. The van der Waals surface area contributed by atoms with E-state index in [4.69, 9.17) is 10.2 Å². The summed E-state index contributed by atoms with van der Waals surface area (Å²) in [5.74, 6) is -2.51. The van der Waals surface area contributed by atoms with Gasteiger partial charge in [0, 0.05) is 72.6 Å². The van der Waals surface area contributed by atoms with Gasteiger partial charge in [-0.05, 0) is 61.9 Å². The van der Waals surface area contributed by atoms with Gasteiger partial charge in [0.15, 0.2) is 0 Å². The molecule has 51 heavy (non-hydrogen) atoms. The van der Waals surface area contributed by atoms with Crippen LogP contribution in [-0.2, 0) is 22.8 Å². The number of aryl methyl sites for hydroxylation is 1. The van der Waals surface area contributed by atoms with Gasteiger partial charge in [0.25, 0.3) is 0 Å². The Morgan fingerprint density at radius 3 is 2.20 bits per heavy atom. The van der Waals surface area contributed by atoms with Crippen LogP contribution in [0.4, 0.5) is 18.9 Å². The Kier molecular flexibility index (Phi) is 9.36. The van der Waals surface area contributed by atoms with Gasteiger partial charge in [0.2, 0.25) is 0 Å². The number of aliphatic carboxylic acids is 2. The summed E-state index contributed by atoms with van der Waals surface area (Å²) >= 11 is 0. The zero-order chi connectivity index (χ0) is 36.6. The molecule has 1 fully saturated rings. The second kappa shape index (κ2) is 13.7. The first-order valence-electron chi connectivity index (χ1n) is 15.9. The van der Waals surface area contributed by atoms with Crippen molar-refractivity contribution in [3.05, 3.63) is 107 Å². The van der Waals surface area contributed by atoms with Crippen molar-refractivity contribution in [3.8, 4) is 16.8 Å². The lowest BCUT2D eigenvalue weighted by Crippen LogP contribution is -2.54. The molecule has 0 saturated carbocycles. The van der Waals surface area contributed by atoms with Crippen LogP contribution in [0.5, 0.6) is 0 Å². The number of hydrogen-bond donors (Lipinski definition) is 3. The van der Waals surface area contributed by atoms with Gasteiger partial charge in [-0.15, -0.1) is 0 Å². The number of aromatic nitrogens is 4. The predicted molar refractivity (Wildman–Crippen MR) is 188 cm³/mol. The van der Waals surface area contributed by atoms with Gasteiger partial charge in [-0.2, -0.15) is 13.2 Å². The number of para-hydroxylation sites is 1. The number of hydrogen-bond acceptors (Lipinski definition) is 7. The van der Waals surface area contributed by atoms with Crippen LogP contribution in [0.25, 0.3) is 49.7 Å². The van der Waals surface area contributed by atoms with E-state index in [0.29, 0.717) is 47.2 Å². The van der Waals surface area contributed by atoms with Crippen molar-refractivity contribution < 1.29 is 33.0 Å². The molecule has 0 spiro atoms. The zero-order valence-electron chi connectivity index (χ0n) is 27.7. The fourth-order valence-corrected chi connectivity index (χ4v) is 6.48. The Bertz CT molecular complexity index is 2370. The Morgan fingerprint density at radius 1 is 0.863 bits per heavy atom. The highest BCUT2D eigenvalue weighted by atomic mass is 19.4. The standard InChI is InChI=1S/C33H29F3N6O.C4H4O4/c1-19-17-41(18-20(2)39-19)29-11-9-24(14-26(29)33(34,35)36)42-31-25-13-21(23-12-22-6-4-5-7-27(22)37-15-23)8-10-28(25)38-16-30(31)40(3)32(42)43;5-3(6)1-2-4(7)8/h4-16,19-20,39H,17-18H2,1-3H3;1-2H,(H,5,6)(H,7,8)/b;2-1-/t19-,20+;. The third kappa shape index (κ3) is 7.17. The third-order valence-electron chi connectivity index (χ3n) is 8.62. The minimum atomic E-state index is -4.61. The Hall–Kier alpha value is -6.02. The normalized spacial score (nSPS) is 16.5. The van der Waals surface area contributed by atoms with Crippen LogP contribution in [0.15, 0.2) is 96.1 Å². The van der Waals surface area contributed by atoms with Gasteiger partial charge in [0.1, 0.15) is 0 Å². The van der Waals surface area contributed by atoms with Crippen molar-refractivity contribution in [2.75, 3.05) is 18.0 Å². The van der Waals surface area contributed by atoms with Crippen LogP contribution in [0.1, 0.15) is 19.4 Å². The minimum absolute atomic E-state index is 0.0380. The highest BCUT2D eigenvalue weighted by Crippen LogP contribution is 2.39. The first-order valence-corrected chi connectivity index (χ1v) is 15.9. The van der Waals surface area contributed by atoms with Crippen molar-refractivity contribution in [2.24, 2.45) is 7.05 Å². The van der Waals surface area contributed by atoms with Gasteiger partial charge in [-0.1, -0.05) is 24.3 Å². The molecule has 0 unspecified atom stereocenters. The summed E-state index contributed by atoms with van der Waals surface area (Å²) in [6, 6.07) is 19.8. The van der Waals surface area contributed by atoms with Crippen molar-refractivity contribution in [1.29, 1.82) is 0 Å². The van der Waals surface area contributed by atoms with E-state index < -0.39 is 29.4 Å². The Labute approximate surface area is 288 Å². The molecule has 3 aromatic carbocycles. The van der Waals surface area contributed by atoms with Crippen molar-refractivity contribution in [1.82, 2.24) is 24.4 Å². The van der Waals surface area contributed by atoms with Crippen LogP contribution in [0, 0.1) is 0 Å². The number of nitrogens with zero attached hydrogens (tertiary/aromatic N) is 5. The molecule has 1 aliphatic rings. The quantitative estimate of drug-likeness (QED) is 0.185. The lowest BCUT2D eigenvalue weighted by molar-refractivity contribution is -0.137. The zero-order valence-corrected chi connectivity index (χ0v) is 27.7. The average molecular weight is 699 g/mol. The van der Waals surface area contributed by atoms with E-state index >= 15 is 0 Å². The van der Waals surface area contributed by atoms with Gasteiger partial charge in [0.05, 0.1) is 39.5 Å². The Balaban J connectivity index is 0.000000503. The monoisotopic (exact) mass is 698 g/mol. The summed E-state index contributed by atoms with van der Waals surface area (Å²) in [4.78, 5) is 43.7. The summed E-state index contributed by atoms with van der Waals surface area (Å²) < 4.78 is 46.5. The van der Waals surface area contributed by atoms with Crippen LogP contribution < -0.4 is 15.9 Å². The molecule has 1 saturated heterocycles. The molecule has 7 rings (SSSR count). The maximum Gasteiger partial charge on any atom is 0.418 e. The van der Waals surface area contributed by atoms with Crippen LogP contribution in [0.2, 0.25) is 0 Å². The number of carboxylic acids is 2. The van der Waals surface area contributed by atoms with E-state index in [1.54, 1.807) is 30.4 Å². The summed E-state index contributed by atoms with van der Waals surface area (Å²) in [5.41, 5.74) is 3.30. The number of imidazole rings is 1. The maximum atomic E-state index is 14.6. The Morgan fingerprint density at radius 2 is 1.53 bits per heavy atom. The summed E-state index contributed by atoms with van der Waals surface area (Å²) in [7, 11) is 1.61. The van der Waals surface area contributed by atoms with Crippen molar-refractivity contribution in [3.63, 3.8) is 0 Å². The fraction of sp³-hybridized carbons (Fsp3) is 0.216. The number of benzene rings is 3. The summed E-state index contributed by atoms with van der Waals surface area (Å²) in [6.07, 6.45) is -0.113. The highest BCUT2D eigenvalue weighted by Gasteiger charge is 2.37. The number of anilines is 1. The number of rotatable bonds is 5. The molecule has 0 radical (unpaired) electrons. The third-order valence-corrected chi connectivity index (χ3v) is 8.62. The molecule has 3 aromatic heterocycles. The molecular formula is C37H33F3N6O5. The van der Waals surface area contributed by atoms with E-state index in [2.05, 4.69) is 15.3 Å². The first-order chi connectivity index (χ1) is 24.2. The molecule has 3 N–H and O–H groups in total. The molecule has 262 valence electrons. The van der Waals surface area contributed by atoms with Crippen molar-refractivity contribution in [2.45, 2.75) is 32.1 Å². The number of nitrogens with one attached hydrogen (secondary N) is 1. The van der Waals surface area contributed by atoms with E-state index in [-0.39, 0.29) is 23.5 Å². The fourth-order valence-electron chi connectivity index (χ4n) is 6.48. The smallest absolute Gasteiger partial charge is 0.418 e. The summed E-state index contributed by atoms with van der Waals surface area (Å²) in [6.45, 7) is 4.82. The molecule has 1 aliphatic heterocycles. The van der Waals surface area contributed by atoms with E-state index in [9.17, 15) is 27.6 Å². The molecular weight excluding hydrogens is 665 g/mol. The SMILES string of the molecule is C[C@@H]1CN(c2ccc(-n3c(=O)n(C)c4cnc5ccc(-c6cnc7ccccc7c6)cc5c43)cc2C(F)(F)F)C[C@H](C)N1.O=C(O)/C=C\C(=O)O. The molecule has 14 heteroatoms. The van der Waals surface area contributed by atoms with Crippen LogP contribution >= 0.6 is 0 Å². The number of fused-ring (bicyclic) bond motifs is 4. The minimum Gasteiger partial charge on any atom is -0.478 e. The number of alkyl halides is 3. The molecule has 2 atom stereocenters. The van der Waals surface area contributed by atoms with Gasteiger partial charge < -0.3 is 20.4 Å². The first kappa shape index (κ1) is 34.8. The topological polar surface area (TPSA) is 143 Å². The van der Waals surface area contributed by atoms with Crippen LogP contribution in [-0.4, -0.2) is 66.4 Å². The number of carboxylic acid groups (broad SMARTS) is 2. The molecule has 0 bridgehead atoms. The van der Waals surface area contributed by atoms with Gasteiger partial charge in [-0.25, -0.2) is 14.4 Å². The lowest BCUT2D eigenvalue weighted by atomic mass is 10.0. The predicted octanol–water partition coefficient (Wildman–Crippen LogP) is 6.01. The number of piperazine rings is 1. The van der Waals surface area contributed by atoms with Gasteiger partial charge >= 0.3 is 23.8 Å². The summed E-state index contributed by atoms with van der Waals surface area (Å²) in [5, 5.41) is 20.6. The molecule has 4 heterocycles. The molecule has 6 aromatic rings. The van der Waals surface area contributed by atoms with E-state index in [1.807, 2.05) is 62.4 Å². The molecule has 0 aliphatic carbocycles. The van der Waals surface area contributed by atoms with E-state index in [0.717, 1.165) is 28.1 Å². The van der Waals surface area contributed by atoms with Crippen molar-refractivity contribution >= 4 is 50.5 Å². The second-order valence-corrected chi connectivity index (χ2v) is 12.4. The highest BCUT2D eigenvalue weighted by molar-refractivity contribution is 6.05. The number of carbonyl (C=O) groups is 2. The number of pyridine rings is 2. The van der Waals surface area contributed by atoms with Crippen LogP contribution in [0.3, 0.4) is 0 Å². The number of halogens is 3. The largest absolute Gasteiger partial charge is 0.478 e.